The Kier molecular flexibility index (Phi) is 5.39. The van der Waals surface area contributed by atoms with Crippen LogP contribution < -0.4 is 0 Å². The number of hydrogen-bond donors (Lipinski definition) is 0. The molecule has 0 amide bonds. The number of nitrogens with zero attached hydrogens (tertiary/aromatic N) is 1. The molecule has 0 atom stereocenters. The summed E-state index contributed by atoms with van der Waals surface area (Å²) in [5, 5.41) is 0.940. The van der Waals surface area contributed by atoms with E-state index in [0.717, 1.165) is 25.3 Å². The summed E-state index contributed by atoms with van der Waals surface area (Å²) < 4.78 is 5.81. The molecule has 3 nitrogen and oxygen atoms in total. The highest BCUT2D eigenvalue weighted by Crippen LogP contribution is 2.40. The van der Waals surface area contributed by atoms with E-state index in [0.29, 0.717) is 10.9 Å². The first-order valence-electron chi connectivity index (χ1n) is 7.46. The number of aryl methyl sites for hydroxylation is 2. The maximum Gasteiger partial charge on any atom is 0.311 e. The number of carbonyl (C=O) groups is 1. The Hall–Kier alpha value is -1.21. The molecule has 0 saturated carbocycles. The van der Waals surface area contributed by atoms with Gasteiger partial charge < -0.3 is 4.74 Å². The topological polar surface area (TPSA) is 39.2 Å². The zero-order chi connectivity index (χ0) is 17.3. The van der Waals surface area contributed by atoms with Crippen molar-refractivity contribution in [1.29, 1.82) is 0 Å². The van der Waals surface area contributed by atoms with E-state index in [9.17, 15) is 4.79 Å². The third-order valence-corrected chi connectivity index (χ3v) is 7.11. The second kappa shape index (κ2) is 7.35. The first-order chi connectivity index (χ1) is 11.5. The predicted octanol–water partition coefficient (Wildman–Crippen LogP) is 5.98. The van der Waals surface area contributed by atoms with E-state index in [1.807, 2.05) is 19.1 Å². The molecule has 0 radical (unpaired) electrons. The molecule has 3 heterocycles. The number of halogens is 1. The van der Waals surface area contributed by atoms with Crippen molar-refractivity contribution in [3.8, 4) is 20.5 Å². The summed E-state index contributed by atoms with van der Waals surface area (Å²) in [7, 11) is 0. The molecule has 24 heavy (non-hydrogen) atoms. The van der Waals surface area contributed by atoms with Crippen LogP contribution in [0.2, 0.25) is 4.34 Å². The van der Waals surface area contributed by atoms with Crippen molar-refractivity contribution < 1.29 is 9.53 Å². The summed E-state index contributed by atoms with van der Waals surface area (Å²) in [5.41, 5.74) is 2.10. The second-order valence-electron chi connectivity index (χ2n) is 5.23. The van der Waals surface area contributed by atoms with Crippen LogP contribution in [0.4, 0.5) is 0 Å². The third-order valence-electron chi connectivity index (χ3n) is 3.49. The van der Waals surface area contributed by atoms with Gasteiger partial charge in [-0.1, -0.05) is 11.6 Å². The molecule has 0 aliphatic rings. The van der Waals surface area contributed by atoms with Crippen LogP contribution >= 0.6 is 45.6 Å². The third kappa shape index (κ3) is 3.72. The van der Waals surface area contributed by atoms with Crippen LogP contribution in [-0.4, -0.2) is 17.6 Å². The Morgan fingerprint density at radius 3 is 2.58 bits per heavy atom. The van der Waals surface area contributed by atoms with Crippen LogP contribution in [0.1, 0.15) is 22.2 Å². The predicted molar refractivity (Wildman–Crippen MR) is 104 cm³/mol. The van der Waals surface area contributed by atoms with Crippen LogP contribution in [0.5, 0.6) is 0 Å². The van der Waals surface area contributed by atoms with Crippen LogP contribution in [0.15, 0.2) is 18.2 Å². The molecular weight excluding hydrogens is 382 g/mol. The van der Waals surface area contributed by atoms with E-state index in [1.165, 1.54) is 21.8 Å². The van der Waals surface area contributed by atoms with Crippen molar-refractivity contribution in [3.05, 3.63) is 37.9 Å². The number of rotatable bonds is 5. The molecule has 0 aromatic carbocycles. The lowest BCUT2D eigenvalue weighted by Gasteiger charge is -2.01. The maximum absolute atomic E-state index is 11.9. The molecule has 3 aromatic rings. The second-order valence-corrected chi connectivity index (χ2v) is 9.28. The van der Waals surface area contributed by atoms with Crippen molar-refractivity contribution >= 4 is 51.6 Å². The van der Waals surface area contributed by atoms with Gasteiger partial charge in [0.15, 0.2) is 0 Å². The van der Waals surface area contributed by atoms with E-state index < -0.39 is 0 Å². The van der Waals surface area contributed by atoms with Crippen molar-refractivity contribution in [2.75, 3.05) is 6.61 Å². The molecule has 126 valence electrons. The molecule has 0 saturated heterocycles. The van der Waals surface area contributed by atoms with Gasteiger partial charge in [0.05, 0.1) is 32.8 Å². The average molecular weight is 398 g/mol. The Morgan fingerprint density at radius 1 is 1.21 bits per heavy atom. The molecule has 0 aliphatic carbocycles. The van der Waals surface area contributed by atoms with Crippen molar-refractivity contribution in [1.82, 2.24) is 4.98 Å². The normalized spacial score (nSPS) is 11.0. The average Bonchev–Trinajstić information content (AvgIpc) is 3.20. The summed E-state index contributed by atoms with van der Waals surface area (Å²) in [6, 6.07) is 5.96. The van der Waals surface area contributed by atoms with Gasteiger partial charge in [-0.2, -0.15) is 0 Å². The van der Waals surface area contributed by atoms with E-state index >= 15 is 0 Å². The molecule has 0 fully saturated rings. The molecule has 0 bridgehead atoms. The van der Waals surface area contributed by atoms with E-state index in [1.54, 1.807) is 22.7 Å². The number of ether oxygens (including phenoxy) is 1. The van der Waals surface area contributed by atoms with Gasteiger partial charge in [-0.05, 0) is 44.5 Å². The summed E-state index contributed by atoms with van der Waals surface area (Å²) in [6.07, 6.45) is 0.236. The number of carbonyl (C=O) groups excluding carboxylic acids is 1. The Labute approximate surface area is 157 Å². The van der Waals surface area contributed by atoms with Crippen molar-refractivity contribution in [2.45, 2.75) is 27.2 Å². The number of esters is 1. The first-order valence-corrected chi connectivity index (χ1v) is 10.3. The van der Waals surface area contributed by atoms with Gasteiger partial charge in [0, 0.05) is 9.75 Å². The fraction of sp³-hybridized carbons (Fsp3) is 0.294. The van der Waals surface area contributed by atoms with Gasteiger partial charge in [0.1, 0.15) is 5.01 Å². The monoisotopic (exact) mass is 397 g/mol. The number of hydrogen-bond acceptors (Lipinski definition) is 6. The summed E-state index contributed by atoms with van der Waals surface area (Å²) in [4.78, 5) is 21.1. The van der Waals surface area contributed by atoms with Gasteiger partial charge in [-0.3, -0.25) is 4.79 Å². The number of thiophene rings is 2. The fourth-order valence-corrected chi connectivity index (χ4v) is 5.50. The number of thiazole rings is 1. The van der Waals surface area contributed by atoms with Crippen LogP contribution in [0.25, 0.3) is 20.5 Å². The van der Waals surface area contributed by atoms with Crippen LogP contribution in [-0.2, 0) is 16.0 Å². The lowest BCUT2D eigenvalue weighted by molar-refractivity contribution is -0.142. The largest absolute Gasteiger partial charge is 0.466 e. The molecule has 0 unspecified atom stereocenters. The van der Waals surface area contributed by atoms with E-state index in [4.69, 9.17) is 21.3 Å². The smallest absolute Gasteiger partial charge is 0.311 e. The molecule has 0 N–H and O–H groups in total. The first kappa shape index (κ1) is 17.6. The lowest BCUT2D eigenvalue weighted by atomic mass is 10.2. The summed E-state index contributed by atoms with van der Waals surface area (Å²) >= 11 is 10.8. The molecule has 7 heteroatoms. The molecule has 3 aromatic heterocycles. The summed E-state index contributed by atoms with van der Waals surface area (Å²) in [5.74, 6) is -0.227. The highest BCUT2D eigenvalue weighted by Gasteiger charge is 2.20. The van der Waals surface area contributed by atoms with Gasteiger partial charge in [-0.15, -0.1) is 34.0 Å². The molecular formula is C17H16ClNO2S3. The molecule has 3 rings (SSSR count). The van der Waals surface area contributed by atoms with Gasteiger partial charge >= 0.3 is 5.97 Å². The molecule has 0 spiro atoms. The Morgan fingerprint density at radius 2 is 2.00 bits per heavy atom. The number of aromatic nitrogens is 1. The quantitative estimate of drug-likeness (QED) is 0.497. The summed E-state index contributed by atoms with van der Waals surface area (Å²) in [6.45, 7) is 6.40. The minimum absolute atomic E-state index is 0.227. The minimum Gasteiger partial charge on any atom is -0.466 e. The van der Waals surface area contributed by atoms with Crippen LogP contribution in [0, 0.1) is 13.8 Å². The van der Waals surface area contributed by atoms with E-state index in [2.05, 4.69) is 19.9 Å². The Bertz CT molecular complexity index is 859. The van der Waals surface area contributed by atoms with Gasteiger partial charge in [0.25, 0.3) is 0 Å². The van der Waals surface area contributed by atoms with Gasteiger partial charge in [-0.25, -0.2) is 4.98 Å². The zero-order valence-corrected chi connectivity index (χ0v) is 16.7. The standard InChI is InChI=1S/C17H16ClNO2S3/c1-4-21-15(20)8-12-16(11-5-6-14(18)23-11)19-17(24-12)13-7-9(2)10(3)22-13/h5-7H,4,8H2,1-3H3. The highest BCUT2D eigenvalue weighted by atomic mass is 35.5. The molecule has 0 aliphatic heterocycles. The zero-order valence-electron chi connectivity index (χ0n) is 13.5. The minimum atomic E-state index is -0.227. The Balaban J connectivity index is 2.03. The SMILES string of the molecule is CCOC(=O)Cc1sc(-c2cc(C)c(C)s2)nc1-c1ccc(Cl)s1. The maximum atomic E-state index is 11.9. The lowest BCUT2D eigenvalue weighted by Crippen LogP contribution is -2.06. The fourth-order valence-electron chi connectivity index (χ4n) is 2.23. The van der Waals surface area contributed by atoms with E-state index in [-0.39, 0.29) is 12.4 Å². The van der Waals surface area contributed by atoms with Crippen LogP contribution in [0.3, 0.4) is 0 Å². The van der Waals surface area contributed by atoms with Crippen molar-refractivity contribution in [2.24, 2.45) is 0 Å². The highest BCUT2D eigenvalue weighted by molar-refractivity contribution is 7.23. The van der Waals surface area contributed by atoms with Gasteiger partial charge in [0.2, 0.25) is 0 Å². The van der Waals surface area contributed by atoms with Crippen molar-refractivity contribution in [3.63, 3.8) is 0 Å².